The van der Waals surface area contributed by atoms with Crippen LogP contribution in [0.1, 0.15) is 22.3 Å². The first-order chi connectivity index (χ1) is 24.7. The maximum atomic E-state index is 6.84. The summed E-state index contributed by atoms with van der Waals surface area (Å²) in [5, 5.41) is 0.145. The van der Waals surface area contributed by atoms with Crippen LogP contribution >= 0.6 is 11.6 Å². The highest BCUT2D eigenvalue weighted by Crippen LogP contribution is 2.57. The van der Waals surface area contributed by atoms with Crippen molar-refractivity contribution in [1.29, 1.82) is 0 Å². The molecule has 0 radical (unpaired) electrons. The van der Waals surface area contributed by atoms with Gasteiger partial charge in [0.15, 0.2) is 11.6 Å². The van der Waals surface area contributed by atoms with Gasteiger partial charge in [0.2, 0.25) is 5.28 Å². The van der Waals surface area contributed by atoms with Crippen molar-refractivity contribution in [3.8, 4) is 56.2 Å². The van der Waals surface area contributed by atoms with E-state index < -0.39 is 5.41 Å². The fourth-order valence-electron chi connectivity index (χ4n) is 7.78. The Bertz CT molecular complexity index is 2460. The monoisotopic (exact) mass is 659 g/mol. The molecule has 0 aliphatic heterocycles. The number of hydrogen-bond acceptors (Lipinski definition) is 3. The molecule has 0 saturated carbocycles. The number of aromatic nitrogens is 3. The van der Waals surface area contributed by atoms with E-state index in [4.69, 9.17) is 26.6 Å². The molecule has 4 heteroatoms. The van der Waals surface area contributed by atoms with Crippen LogP contribution in [0.25, 0.3) is 56.2 Å². The van der Waals surface area contributed by atoms with E-state index in [0.717, 1.165) is 38.9 Å². The van der Waals surface area contributed by atoms with Gasteiger partial charge in [-0.15, -0.1) is 0 Å². The van der Waals surface area contributed by atoms with E-state index >= 15 is 0 Å². The minimum atomic E-state index is -0.614. The van der Waals surface area contributed by atoms with Gasteiger partial charge < -0.3 is 0 Å². The Morgan fingerprint density at radius 1 is 0.320 bits per heavy atom. The second-order valence-corrected chi connectivity index (χ2v) is 12.8. The topological polar surface area (TPSA) is 38.7 Å². The molecule has 0 fully saturated rings. The average Bonchev–Trinajstić information content (AvgIpc) is 3.49. The largest absolute Gasteiger partial charge is 0.226 e. The Balaban J connectivity index is 1.28. The van der Waals surface area contributed by atoms with Gasteiger partial charge in [0.1, 0.15) is 0 Å². The predicted octanol–water partition coefficient (Wildman–Crippen LogP) is 11.6. The summed E-state index contributed by atoms with van der Waals surface area (Å²) < 4.78 is 0. The Labute approximate surface area is 296 Å². The van der Waals surface area contributed by atoms with Crippen molar-refractivity contribution < 1.29 is 0 Å². The highest BCUT2D eigenvalue weighted by atomic mass is 35.5. The molecule has 8 aromatic rings. The number of hydrogen-bond donors (Lipinski definition) is 0. The zero-order valence-electron chi connectivity index (χ0n) is 27.0. The molecule has 0 N–H and O–H groups in total. The Morgan fingerprint density at radius 2 is 0.700 bits per heavy atom. The summed E-state index contributed by atoms with van der Waals surface area (Å²) in [7, 11) is 0. The molecule has 0 amide bonds. The summed E-state index contributed by atoms with van der Waals surface area (Å²) in [4.78, 5) is 14.8. The van der Waals surface area contributed by atoms with Gasteiger partial charge in [0.25, 0.3) is 0 Å². The molecule has 0 bridgehead atoms. The lowest BCUT2D eigenvalue weighted by atomic mass is 9.66. The Morgan fingerprint density at radius 3 is 1.28 bits per heavy atom. The average molecular weight is 660 g/mol. The van der Waals surface area contributed by atoms with Crippen molar-refractivity contribution in [2.24, 2.45) is 0 Å². The van der Waals surface area contributed by atoms with Gasteiger partial charge >= 0.3 is 0 Å². The van der Waals surface area contributed by atoms with Crippen LogP contribution in [-0.2, 0) is 5.41 Å². The number of nitrogens with zero attached hydrogens (tertiary/aromatic N) is 3. The van der Waals surface area contributed by atoms with Crippen molar-refractivity contribution >= 4 is 11.6 Å². The van der Waals surface area contributed by atoms with E-state index in [-0.39, 0.29) is 5.28 Å². The summed E-state index contributed by atoms with van der Waals surface area (Å²) >= 11 is 6.84. The van der Waals surface area contributed by atoms with Crippen LogP contribution in [0.3, 0.4) is 0 Å². The van der Waals surface area contributed by atoms with Gasteiger partial charge in [0, 0.05) is 11.1 Å². The molecule has 236 valence electrons. The summed E-state index contributed by atoms with van der Waals surface area (Å²) in [6.45, 7) is 0. The minimum absolute atomic E-state index is 0.145. The third kappa shape index (κ3) is 4.78. The Kier molecular flexibility index (Phi) is 7.41. The van der Waals surface area contributed by atoms with E-state index in [9.17, 15) is 0 Å². The van der Waals surface area contributed by atoms with E-state index in [2.05, 4.69) is 164 Å². The summed E-state index contributed by atoms with van der Waals surface area (Å²) in [5.74, 6) is 1.05. The molecule has 1 aliphatic carbocycles. The van der Waals surface area contributed by atoms with Crippen molar-refractivity contribution in [2.75, 3.05) is 0 Å². The fraction of sp³-hybridized carbons (Fsp3) is 0.0217. The normalized spacial score (nSPS) is 12.7. The summed E-state index contributed by atoms with van der Waals surface area (Å²) in [5.41, 5.74) is 12.7. The van der Waals surface area contributed by atoms with E-state index in [1.807, 2.05) is 18.2 Å². The second-order valence-electron chi connectivity index (χ2n) is 12.5. The van der Waals surface area contributed by atoms with Crippen LogP contribution in [0.2, 0.25) is 5.28 Å². The number of rotatable bonds is 6. The van der Waals surface area contributed by atoms with E-state index in [1.165, 1.54) is 27.8 Å². The fourth-order valence-corrected chi connectivity index (χ4v) is 7.94. The maximum Gasteiger partial charge on any atom is 0.226 e. The predicted molar refractivity (Wildman–Crippen MR) is 204 cm³/mol. The van der Waals surface area contributed by atoms with Gasteiger partial charge in [-0.05, 0) is 67.2 Å². The second kappa shape index (κ2) is 12.4. The third-order valence-corrected chi connectivity index (χ3v) is 9.98. The molecule has 0 unspecified atom stereocenters. The SMILES string of the molecule is Clc1nc(-c2ccccc2-c2ccccc2-c2ccccc2)nc(-c2ccccc2C2(c3ccccc3)c3ccccc3-c3ccccc32)n1. The van der Waals surface area contributed by atoms with Crippen molar-refractivity contribution in [2.45, 2.75) is 5.41 Å². The van der Waals surface area contributed by atoms with Crippen LogP contribution < -0.4 is 0 Å². The molecule has 0 atom stereocenters. The molecule has 7 aromatic carbocycles. The van der Waals surface area contributed by atoms with Crippen LogP contribution in [0, 0.1) is 0 Å². The van der Waals surface area contributed by atoms with Gasteiger partial charge in [-0.3, -0.25) is 0 Å². The quantitative estimate of drug-likeness (QED) is 0.178. The minimum Gasteiger partial charge on any atom is -0.208 e. The van der Waals surface area contributed by atoms with Gasteiger partial charge in [-0.1, -0.05) is 182 Å². The van der Waals surface area contributed by atoms with Crippen molar-refractivity contribution in [1.82, 2.24) is 15.0 Å². The maximum absolute atomic E-state index is 6.84. The molecule has 0 saturated heterocycles. The van der Waals surface area contributed by atoms with Crippen LogP contribution in [0.5, 0.6) is 0 Å². The lowest BCUT2D eigenvalue weighted by Crippen LogP contribution is -2.29. The Hall–Kier alpha value is -6.16. The van der Waals surface area contributed by atoms with Crippen LogP contribution in [-0.4, -0.2) is 15.0 Å². The standard InChI is InChI=1S/C46H30ClN3/c47-45-49-43(38-26-10-9-23-35(38)34-22-8-7-21-33(34)31-17-3-1-4-18-31)48-44(50-45)39-27-13-16-30-42(39)46(32-19-5-2-6-20-32)40-28-14-11-24-36(40)37-25-12-15-29-41(37)46/h1-30H. The molecule has 1 aliphatic rings. The number of benzene rings is 7. The number of fused-ring (bicyclic) bond motifs is 3. The van der Waals surface area contributed by atoms with Crippen LogP contribution in [0.4, 0.5) is 0 Å². The molecule has 9 rings (SSSR count). The van der Waals surface area contributed by atoms with Crippen LogP contribution in [0.15, 0.2) is 182 Å². The molecule has 1 heterocycles. The van der Waals surface area contributed by atoms with Gasteiger partial charge in [-0.25, -0.2) is 4.98 Å². The summed E-state index contributed by atoms with van der Waals surface area (Å²) in [6, 6.07) is 63.8. The molecular formula is C46H30ClN3. The van der Waals surface area contributed by atoms with E-state index in [1.54, 1.807) is 0 Å². The third-order valence-electron chi connectivity index (χ3n) is 9.81. The van der Waals surface area contributed by atoms with E-state index in [0.29, 0.717) is 11.6 Å². The zero-order chi connectivity index (χ0) is 33.5. The summed E-state index contributed by atoms with van der Waals surface area (Å²) in [6.07, 6.45) is 0. The lowest BCUT2D eigenvalue weighted by Gasteiger charge is -2.35. The molecule has 3 nitrogen and oxygen atoms in total. The first-order valence-corrected chi connectivity index (χ1v) is 17.1. The molecule has 1 aromatic heterocycles. The first kappa shape index (κ1) is 29.9. The smallest absolute Gasteiger partial charge is 0.208 e. The highest BCUT2D eigenvalue weighted by molar-refractivity contribution is 6.28. The van der Waals surface area contributed by atoms with Gasteiger partial charge in [-0.2, -0.15) is 9.97 Å². The first-order valence-electron chi connectivity index (χ1n) is 16.7. The van der Waals surface area contributed by atoms with Crippen molar-refractivity contribution in [3.05, 3.63) is 210 Å². The molecule has 0 spiro atoms. The lowest BCUT2D eigenvalue weighted by molar-refractivity contribution is 0.769. The zero-order valence-corrected chi connectivity index (χ0v) is 27.8. The van der Waals surface area contributed by atoms with Gasteiger partial charge in [0.05, 0.1) is 5.41 Å². The van der Waals surface area contributed by atoms with Crippen molar-refractivity contribution in [3.63, 3.8) is 0 Å². The molecule has 50 heavy (non-hydrogen) atoms. The molecular weight excluding hydrogens is 630 g/mol. The highest BCUT2D eigenvalue weighted by Gasteiger charge is 2.47. The number of halogens is 1.